The minimum atomic E-state index is 0.583. The number of anilines is 1. The van der Waals surface area contributed by atoms with E-state index in [1.54, 1.807) is 28.8 Å². The van der Waals surface area contributed by atoms with Crippen molar-refractivity contribution >= 4 is 28.6 Å². The highest BCUT2D eigenvalue weighted by molar-refractivity contribution is 7.98. The molecule has 0 radical (unpaired) electrons. The van der Waals surface area contributed by atoms with Gasteiger partial charge in [0, 0.05) is 13.2 Å². The summed E-state index contributed by atoms with van der Waals surface area (Å²) in [5.41, 5.74) is 3.35. The maximum Gasteiger partial charge on any atom is 0.163 e. The molecular formula is C12H13N7S. The zero-order valence-corrected chi connectivity index (χ0v) is 11.6. The maximum atomic E-state index is 5.50. The molecule has 0 unspecified atom stereocenters. The second kappa shape index (κ2) is 5.43. The molecule has 8 heteroatoms. The van der Waals surface area contributed by atoms with Crippen molar-refractivity contribution in [3.8, 4) is 0 Å². The number of hydrazine groups is 1. The summed E-state index contributed by atoms with van der Waals surface area (Å²) in [6.45, 7) is 0. The standard InChI is InChI=1S/C12H13N7S/c1-19-12-8(6-15-19)11(18-13)16-9(17-12)7-20-10-4-2-3-5-14-10/h2-6H,7,13H2,1H3,(H,16,17,18). The average molecular weight is 287 g/mol. The molecule has 0 amide bonds. The Morgan fingerprint density at radius 3 is 3.00 bits per heavy atom. The smallest absolute Gasteiger partial charge is 0.163 e. The van der Waals surface area contributed by atoms with Crippen LogP contribution in [0.15, 0.2) is 35.6 Å². The lowest BCUT2D eigenvalue weighted by atomic mass is 10.4. The monoisotopic (exact) mass is 287 g/mol. The molecule has 102 valence electrons. The Labute approximate surface area is 119 Å². The third kappa shape index (κ3) is 2.43. The largest absolute Gasteiger partial charge is 0.308 e. The number of nitrogen functional groups attached to an aromatic ring is 1. The first-order chi connectivity index (χ1) is 9.78. The Bertz CT molecular complexity index is 725. The number of fused-ring (bicyclic) bond motifs is 1. The van der Waals surface area contributed by atoms with Crippen molar-refractivity contribution in [3.05, 3.63) is 36.4 Å². The Hall–Kier alpha value is -2.19. The molecule has 0 aliphatic heterocycles. The number of hydrogen-bond acceptors (Lipinski definition) is 7. The zero-order valence-electron chi connectivity index (χ0n) is 10.8. The zero-order chi connectivity index (χ0) is 13.9. The van der Waals surface area contributed by atoms with Gasteiger partial charge in [-0.2, -0.15) is 5.10 Å². The number of aromatic nitrogens is 5. The normalized spacial score (nSPS) is 10.9. The van der Waals surface area contributed by atoms with Crippen LogP contribution in [0.25, 0.3) is 11.0 Å². The second-order valence-corrected chi connectivity index (χ2v) is 5.09. The fraction of sp³-hybridized carbons (Fsp3) is 0.167. The van der Waals surface area contributed by atoms with Crippen molar-refractivity contribution in [1.82, 2.24) is 24.7 Å². The molecule has 3 N–H and O–H groups in total. The highest BCUT2D eigenvalue weighted by Gasteiger charge is 2.11. The van der Waals surface area contributed by atoms with E-state index in [1.165, 1.54) is 0 Å². The summed E-state index contributed by atoms with van der Waals surface area (Å²) < 4.78 is 1.70. The van der Waals surface area contributed by atoms with Gasteiger partial charge in [0.1, 0.15) is 5.82 Å². The van der Waals surface area contributed by atoms with Crippen LogP contribution < -0.4 is 11.3 Å². The number of pyridine rings is 1. The molecule has 0 bridgehead atoms. The van der Waals surface area contributed by atoms with Gasteiger partial charge < -0.3 is 5.43 Å². The van der Waals surface area contributed by atoms with E-state index in [0.29, 0.717) is 17.4 Å². The molecule has 0 fully saturated rings. The van der Waals surface area contributed by atoms with Crippen LogP contribution in [-0.2, 0) is 12.8 Å². The fourth-order valence-corrected chi connectivity index (χ4v) is 2.53. The summed E-state index contributed by atoms with van der Waals surface area (Å²) in [6, 6.07) is 5.79. The van der Waals surface area contributed by atoms with E-state index < -0.39 is 0 Å². The molecule has 0 atom stereocenters. The first-order valence-electron chi connectivity index (χ1n) is 5.97. The molecular weight excluding hydrogens is 274 g/mol. The fourth-order valence-electron chi connectivity index (χ4n) is 1.81. The van der Waals surface area contributed by atoms with Crippen molar-refractivity contribution < 1.29 is 0 Å². The highest BCUT2D eigenvalue weighted by atomic mass is 32.2. The predicted octanol–water partition coefficient (Wildman–Crippen LogP) is 1.34. The van der Waals surface area contributed by atoms with E-state index in [9.17, 15) is 0 Å². The van der Waals surface area contributed by atoms with E-state index >= 15 is 0 Å². The topological polar surface area (TPSA) is 94.5 Å². The number of nitrogens with one attached hydrogen (secondary N) is 1. The van der Waals surface area contributed by atoms with E-state index in [-0.39, 0.29) is 0 Å². The molecule has 20 heavy (non-hydrogen) atoms. The molecule has 0 aliphatic rings. The van der Waals surface area contributed by atoms with Crippen LogP contribution in [0.1, 0.15) is 5.82 Å². The number of nitrogens with zero attached hydrogens (tertiary/aromatic N) is 5. The van der Waals surface area contributed by atoms with Crippen molar-refractivity contribution in [1.29, 1.82) is 0 Å². The molecule has 0 aromatic carbocycles. The number of hydrogen-bond donors (Lipinski definition) is 2. The van der Waals surface area contributed by atoms with Gasteiger partial charge in [0.2, 0.25) is 0 Å². The molecule has 3 rings (SSSR count). The van der Waals surface area contributed by atoms with Gasteiger partial charge in [0.15, 0.2) is 11.5 Å². The third-order valence-electron chi connectivity index (χ3n) is 2.76. The van der Waals surface area contributed by atoms with Crippen molar-refractivity contribution in [2.75, 3.05) is 5.43 Å². The Morgan fingerprint density at radius 1 is 1.35 bits per heavy atom. The molecule has 0 saturated carbocycles. The van der Waals surface area contributed by atoms with Crippen LogP contribution in [0.5, 0.6) is 0 Å². The maximum absolute atomic E-state index is 5.50. The first kappa shape index (κ1) is 12.8. The lowest BCUT2D eigenvalue weighted by molar-refractivity contribution is 0.782. The van der Waals surface area contributed by atoms with E-state index in [1.807, 2.05) is 25.2 Å². The first-order valence-corrected chi connectivity index (χ1v) is 6.95. The summed E-state index contributed by atoms with van der Waals surface area (Å²) in [4.78, 5) is 13.2. The molecule has 3 aromatic heterocycles. The second-order valence-electron chi connectivity index (χ2n) is 4.09. The summed E-state index contributed by atoms with van der Waals surface area (Å²) in [7, 11) is 1.84. The van der Waals surface area contributed by atoms with E-state index in [0.717, 1.165) is 16.1 Å². The third-order valence-corrected chi connectivity index (χ3v) is 3.70. The van der Waals surface area contributed by atoms with Crippen LogP contribution in [0, 0.1) is 0 Å². The van der Waals surface area contributed by atoms with Gasteiger partial charge in [-0.15, -0.1) is 0 Å². The molecule has 3 heterocycles. The van der Waals surface area contributed by atoms with Gasteiger partial charge in [-0.05, 0) is 12.1 Å². The van der Waals surface area contributed by atoms with Crippen LogP contribution in [0.3, 0.4) is 0 Å². The number of rotatable bonds is 4. The highest BCUT2D eigenvalue weighted by Crippen LogP contribution is 2.23. The SMILES string of the molecule is Cn1ncc2c(NN)nc(CSc3ccccn3)nc21. The van der Waals surface area contributed by atoms with E-state index in [2.05, 4.69) is 25.5 Å². The van der Waals surface area contributed by atoms with Crippen molar-refractivity contribution in [2.45, 2.75) is 10.8 Å². The minimum Gasteiger partial charge on any atom is -0.308 e. The molecule has 0 saturated heterocycles. The Morgan fingerprint density at radius 2 is 2.25 bits per heavy atom. The van der Waals surface area contributed by atoms with Crippen molar-refractivity contribution in [2.24, 2.45) is 12.9 Å². The predicted molar refractivity (Wildman–Crippen MR) is 77.9 cm³/mol. The molecule has 7 nitrogen and oxygen atoms in total. The van der Waals surface area contributed by atoms with Gasteiger partial charge in [0.25, 0.3) is 0 Å². The summed E-state index contributed by atoms with van der Waals surface area (Å²) in [5, 5.41) is 5.90. The van der Waals surface area contributed by atoms with Gasteiger partial charge in [-0.3, -0.25) is 4.68 Å². The van der Waals surface area contributed by atoms with Crippen LogP contribution in [0.2, 0.25) is 0 Å². The van der Waals surface area contributed by atoms with Gasteiger partial charge in [-0.1, -0.05) is 17.8 Å². The Kier molecular flexibility index (Phi) is 3.48. The quantitative estimate of drug-likeness (QED) is 0.424. The summed E-state index contributed by atoms with van der Waals surface area (Å²) >= 11 is 1.58. The van der Waals surface area contributed by atoms with Gasteiger partial charge in [-0.25, -0.2) is 20.8 Å². The molecule has 3 aromatic rings. The number of thioether (sulfide) groups is 1. The summed E-state index contributed by atoms with van der Waals surface area (Å²) in [6.07, 6.45) is 3.46. The summed E-state index contributed by atoms with van der Waals surface area (Å²) in [5.74, 6) is 7.39. The van der Waals surface area contributed by atoms with Crippen LogP contribution in [-0.4, -0.2) is 24.7 Å². The molecule has 0 spiro atoms. The number of nitrogens with two attached hydrogens (primary N) is 1. The lowest BCUT2D eigenvalue weighted by Gasteiger charge is -2.05. The minimum absolute atomic E-state index is 0.583. The van der Waals surface area contributed by atoms with Crippen LogP contribution >= 0.6 is 11.8 Å². The Balaban J connectivity index is 1.89. The van der Waals surface area contributed by atoms with Gasteiger partial charge >= 0.3 is 0 Å². The van der Waals surface area contributed by atoms with E-state index in [4.69, 9.17) is 5.84 Å². The lowest BCUT2D eigenvalue weighted by Crippen LogP contribution is -2.11. The molecule has 0 aliphatic carbocycles. The number of aryl methyl sites for hydroxylation is 1. The average Bonchev–Trinajstić information content (AvgIpc) is 2.87. The van der Waals surface area contributed by atoms with Crippen LogP contribution in [0.4, 0.5) is 5.82 Å². The van der Waals surface area contributed by atoms with Crippen molar-refractivity contribution in [3.63, 3.8) is 0 Å². The van der Waals surface area contributed by atoms with Gasteiger partial charge in [0.05, 0.1) is 22.4 Å².